The van der Waals surface area contributed by atoms with Crippen molar-refractivity contribution in [2.75, 3.05) is 18.9 Å². The highest BCUT2D eigenvalue weighted by molar-refractivity contribution is 7.93. The predicted octanol–water partition coefficient (Wildman–Crippen LogP) is -0.00280. The molecule has 0 heterocycles. The van der Waals surface area contributed by atoms with Gasteiger partial charge in [-0.3, -0.25) is 0 Å². The Labute approximate surface area is 90.4 Å². The van der Waals surface area contributed by atoms with E-state index in [1.165, 1.54) is 0 Å². The van der Waals surface area contributed by atoms with Crippen LogP contribution in [0, 0.1) is 0 Å². The maximum Gasteiger partial charge on any atom is 0.162 e. The molecule has 0 fully saturated rings. The lowest BCUT2D eigenvalue weighted by Crippen LogP contribution is -2.41. The number of nitrogens with two attached hydrogens (primary N) is 1. The van der Waals surface area contributed by atoms with Gasteiger partial charge in [-0.1, -0.05) is 24.3 Å². The van der Waals surface area contributed by atoms with Crippen molar-refractivity contribution in [3.05, 3.63) is 24.3 Å². The first kappa shape index (κ1) is 12.4. The van der Waals surface area contributed by atoms with E-state index in [0.717, 1.165) is 0 Å². The van der Waals surface area contributed by atoms with Crippen molar-refractivity contribution >= 4 is 9.84 Å². The molecule has 86 valence electrons. The summed E-state index contributed by atoms with van der Waals surface area (Å²) in [6.45, 7) is -0.0188. The van der Waals surface area contributed by atoms with Crippen LogP contribution in [0.2, 0.25) is 0 Å². The molecule has 0 bridgehead atoms. The molecule has 1 unspecified atom stereocenters. The maximum absolute atomic E-state index is 12.0. The fraction of sp³-hybridized carbons (Fsp3) is 0.600. The van der Waals surface area contributed by atoms with Gasteiger partial charge in [0.15, 0.2) is 9.84 Å². The van der Waals surface area contributed by atoms with Gasteiger partial charge in [-0.05, 0) is 19.4 Å². The zero-order valence-electron chi connectivity index (χ0n) is 8.59. The van der Waals surface area contributed by atoms with E-state index in [-0.39, 0.29) is 12.4 Å². The Hall–Kier alpha value is -0.650. The second kappa shape index (κ2) is 4.92. The zero-order chi connectivity index (χ0) is 11.4. The number of aliphatic hydroxyl groups excluding tert-OH is 1. The van der Waals surface area contributed by atoms with E-state index in [1.807, 2.05) is 12.2 Å². The van der Waals surface area contributed by atoms with Crippen LogP contribution < -0.4 is 5.73 Å². The Morgan fingerprint density at radius 1 is 1.40 bits per heavy atom. The van der Waals surface area contributed by atoms with Crippen LogP contribution in [-0.4, -0.2) is 37.2 Å². The lowest BCUT2D eigenvalue weighted by atomic mass is 9.96. The Balaban J connectivity index is 3.01. The van der Waals surface area contributed by atoms with Gasteiger partial charge in [0.25, 0.3) is 0 Å². The van der Waals surface area contributed by atoms with Crippen LogP contribution in [0.1, 0.15) is 12.8 Å². The van der Waals surface area contributed by atoms with Crippen molar-refractivity contribution in [2.24, 2.45) is 5.73 Å². The van der Waals surface area contributed by atoms with Crippen LogP contribution >= 0.6 is 0 Å². The molecule has 0 spiro atoms. The molecule has 4 nitrogen and oxygen atoms in total. The van der Waals surface area contributed by atoms with Gasteiger partial charge in [-0.15, -0.1) is 0 Å². The molecule has 0 aromatic carbocycles. The highest BCUT2D eigenvalue weighted by Crippen LogP contribution is 2.31. The van der Waals surface area contributed by atoms with Crippen LogP contribution in [0.25, 0.3) is 0 Å². The molecule has 0 radical (unpaired) electrons. The maximum atomic E-state index is 12.0. The molecule has 1 rings (SSSR count). The molecule has 1 aliphatic carbocycles. The van der Waals surface area contributed by atoms with E-state index in [9.17, 15) is 8.42 Å². The van der Waals surface area contributed by atoms with Crippen LogP contribution in [0.15, 0.2) is 24.3 Å². The van der Waals surface area contributed by atoms with Crippen LogP contribution in [0.3, 0.4) is 0 Å². The summed E-state index contributed by atoms with van der Waals surface area (Å²) < 4.78 is 23.1. The summed E-state index contributed by atoms with van der Waals surface area (Å²) in [6.07, 6.45) is 7.91. The van der Waals surface area contributed by atoms with Gasteiger partial charge in [0.1, 0.15) is 0 Å². The minimum atomic E-state index is -3.33. The van der Waals surface area contributed by atoms with Crippen LogP contribution in [0.4, 0.5) is 0 Å². The van der Waals surface area contributed by atoms with E-state index >= 15 is 0 Å². The number of aliphatic hydroxyl groups is 1. The number of hydrogen-bond donors (Lipinski definition) is 2. The van der Waals surface area contributed by atoms with Crippen molar-refractivity contribution in [2.45, 2.75) is 17.6 Å². The average Bonchev–Trinajstić information content (AvgIpc) is 2.19. The van der Waals surface area contributed by atoms with Crippen LogP contribution in [0.5, 0.6) is 0 Å². The first-order valence-electron chi connectivity index (χ1n) is 4.95. The summed E-state index contributed by atoms with van der Waals surface area (Å²) in [7, 11) is -3.33. The lowest BCUT2D eigenvalue weighted by molar-refractivity contribution is 0.318. The Bertz CT molecular complexity index is 359. The fourth-order valence-corrected chi connectivity index (χ4v) is 3.50. The van der Waals surface area contributed by atoms with Gasteiger partial charge in [-0.2, -0.15) is 0 Å². The van der Waals surface area contributed by atoms with E-state index in [2.05, 4.69) is 0 Å². The molecule has 0 aromatic heterocycles. The van der Waals surface area contributed by atoms with Gasteiger partial charge < -0.3 is 10.8 Å². The molecule has 0 saturated carbocycles. The average molecular weight is 231 g/mol. The Morgan fingerprint density at radius 2 is 2.13 bits per heavy atom. The Morgan fingerprint density at radius 3 is 2.60 bits per heavy atom. The first-order chi connectivity index (χ1) is 7.08. The lowest BCUT2D eigenvalue weighted by Gasteiger charge is -2.30. The second-order valence-corrected chi connectivity index (χ2v) is 6.09. The second-order valence-electron chi connectivity index (χ2n) is 3.64. The SMILES string of the molecule is NCCC1(S(=O)(=O)CCO)C=CC=CC1. The first-order valence-corrected chi connectivity index (χ1v) is 6.61. The molecular formula is C10H17NO3S. The number of sulfone groups is 1. The molecule has 1 atom stereocenters. The summed E-state index contributed by atoms with van der Waals surface area (Å²) in [5.74, 6) is -0.203. The van der Waals surface area contributed by atoms with Gasteiger partial charge in [0, 0.05) is 0 Å². The van der Waals surface area contributed by atoms with Gasteiger partial charge in [-0.25, -0.2) is 8.42 Å². The third-order valence-electron chi connectivity index (χ3n) is 2.66. The van der Waals surface area contributed by atoms with Gasteiger partial charge >= 0.3 is 0 Å². The standard InChI is InChI=1S/C10H17NO3S/c11-7-6-10(4-2-1-3-5-10)15(13,14)9-8-12/h1-4,12H,5-9,11H2. The third-order valence-corrected chi connectivity index (χ3v) is 5.12. The normalized spacial score (nSPS) is 25.7. The molecule has 0 aliphatic heterocycles. The van der Waals surface area contributed by atoms with E-state index < -0.39 is 14.6 Å². The molecule has 15 heavy (non-hydrogen) atoms. The van der Waals surface area contributed by atoms with E-state index in [0.29, 0.717) is 19.4 Å². The Kier molecular flexibility index (Phi) is 4.07. The highest BCUT2D eigenvalue weighted by atomic mass is 32.2. The number of hydrogen-bond acceptors (Lipinski definition) is 4. The summed E-state index contributed by atoms with van der Waals surface area (Å²) in [5, 5.41) is 8.76. The number of rotatable bonds is 5. The number of allylic oxidation sites excluding steroid dienone is 3. The summed E-state index contributed by atoms with van der Waals surface area (Å²) >= 11 is 0. The van der Waals surface area contributed by atoms with Crippen molar-refractivity contribution < 1.29 is 13.5 Å². The largest absolute Gasteiger partial charge is 0.395 e. The third kappa shape index (κ3) is 2.48. The zero-order valence-corrected chi connectivity index (χ0v) is 9.41. The van der Waals surface area contributed by atoms with E-state index in [1.54, 1.807) is 12.2 Å². The summed E-state index contributed by atoms with van der Waals surface area (Å²) in [6, 6.07) is 0. The van der Waals surface area contributed by atoms with Crippen molar-refractivity contribution in [1.82, 2.24) is 0 Å². The fourth-order valence-electron chi connectivity index (χ4n) is 1.78. The molecule has 0 amide bonds. The topological polar surface area (TPSA) is 80.4 Å². The monoisotopic (exact) mass is 231 g/mol. The van der Waals surface area contributed by atoms with Crippen molar-refractivity contribution in [3.63, 3.8) is 0 Å². The molecular weight excluding hydrogens is 214 g/mol. The quantitative estimate of drug-likeness (QED) is 0.698. The predicted molar refractivity (Wildman–Crippen MR) is 60.2 cm³/mol. The molecule has 3 N–H and O–H groups in total. The summed E-state index contributed by atoms with van der Waals surface area (Å²) in [4.78, 5) is 0. The van der Waals surface area contributed by atoms with Crippen molar-refractivity contribution in [3.8, 4) is 0 Å². The smallest absolute Gasteiger partial charge is 0.162 e. The molecule has 1 aliphatic rings. The molecule has 5 heteroatoms. The molecule has 0 aromatic rings. The minimum Gasteiger partial charge on any atom is -0.395 e. The summed E-state index contributed by atoms with van der Waals surface area (Å²) in [5.41, 5.74) is 5.45. The van der Waals surface area contributed by atoms with E-state index in [4.69, 9.17) is 10.8 Å². The van der Waals surface area contributed by atoms with Crippen molar-refractivity contribution in [1.29, 1.82) is 0 Å². The molecule has 0 saturated heterocycles. The van der Waals surface area contributed by atoms with Gasteiger partial charge in [0.05, 0.1) is 17.1 Å². The van der Waals surface area contributed by atoms with Gasteiger partial charge in [0.2, 0.25) is 0 Å². The van der Waals surface area contributed by atoms with Crippen LogP contribution in [-0.2, 0) is 9.84 Å². The highest BCUT2D eigenvalue weighted by Gasteiger charge is 2.39. The minimum absolute atomic E-state index is 0.203.